The van der Waals surface area contributed by atoms with E-state index in [9.17, 15) is 45.0 Å². The van der Waals surface area contributed by atoms with E-state index >= 15 is 0 Å². The Labute approximate surface area is 523 Å². The van der Waals surface area contributed by atoms with Gasteiger partial charge in [0, 0.05) is 0 Å². The topological polar surface area (TPSA) is 319 Å². The molecule has 0 saturated carbocycles. The molecule has 3 aliphatic rings. The van der Waals surface area contributed by atoms with Crippen LogP contribution >= 0.6 is 16.5 Å². The molecule has 24 nitrogen and oxygen atoms in total. The van der Waals surface area contributed by atoms with Crippen LogP contribution in [0.1, 0.15) is 83.1 Å². The summed E-state index contributed by atoms with van der Waals surface area (Å²) in [6, 6.07) is 25.5. The zero-order valence-corrected chi connectivity index (χ0v) is 60.5. The average molecular weight is 1760 g/mol. The van der Waals surface area contributed by atoms with Crippen molar-refractivity contribution in [2.45, 2.75) is 193 Å². The number of carbonyl (C=O) groups excluding carboxylic acids is 3. The van der Waals surface area contributed by atoms with Crippen LogP contribution in [0.15, 0.2) is 91.0 Å². The van der Waals surface area contributed by atoms with E-state index in [-0.39, 0.29) is 38.1 Å². The van der Waals surface area contributed by atoms with Crippen molar-refractivity contribution < 1.29 is 157 Å². The molecule has 3 aromatic carbocycles. The molecule has 0 aromatic heterocycles. The van der Waals surface area contributed by atoms with Gasteiger partial charge in [0.05, 0.1) is 0 Å². The minimum absolute atomic E-state index is 0.0195. The summed E-state index contributed by atoms with van der Waals surface area (Å²) in [5.74, 6) is 0.600. The second-order valence-corrected chi connectivity index (χ2v) is 41.3. The summed E-state index contributed by atoms with van der Waals surface area (Å²) in [6.45, 7) is 20.9. The van der Waals surface area contributed by atoms with Gasteiger partial charge in [-0.2, -0.15) is 0 Å². The van der Waals surface area contributed by atoms with Crippen LogP contribution in [-0.2, 0) is 113 Å². The first-order valence-electron chi connectivity index (χ1n) is 27.3. The van der Waals surface area contributed by atoms with E-state index in [1.807, 2.05) is 54.6 Å². The Hall–Kier alpha value is -1.78. The van der Waals surface area contributed by atoms with E-state index in [0.717, 1.165) is 56.4 Å². The first-order valence-corrected chi connectivity index (χ1v) is 43.7. The molecule has 3 aliphatic heterocycles. The molecular formula is C54H84N3O21P3W3. The number of aliphatic hydroxyl groups is 6. The number of carbonyl (C=O) groups is 3. The Bertz CT molecular complexity index is 2350. The van der Waals surface area contributed by atoms with Gasteiger partial charge in [-0.15, -0.1) is 0 Å². The summed E-state index contributed by atoms with van der Waals surface area (Å²) in [4.78, 5) is 36.6. The van der Waals surface area contributed by atoms with Crippen molar-refractivity contribution >= 4 is 34.4 Å². The number of rotatable bonds is 27. The van der Waals surface area contributed by atoms with Crippen LogP contribution in [0.5, 0.6) is 17.2 Å². The SMILES string of the molecule is CC(C)OC(=O)[C@@H](C)N[P@@](=[W])(OC[C@H]1O[C@@H](C)[C@H](O)[C@@H]1O)Oc1ccccc1.CC(C)OC(=O)[C@@H](C)N[P@](=[W])(OC[C@H]1O[C@@H](C)[C@H](O)[C@@H]1O)Oc1ccccc1.CC(C)OC(=O)[C@@H](C)N[P](=[W])(OC[C@H]1O[C@@H](C)[C@H](O)[C@@H]1O)Oc1ccccc1. The molecule has 18 atom stereocenters. The molecule has 30 heteroatoms. The van der Waals surface area contributed by atoms with Gasteiger partial charge in [-0.1, -0.05) is 0 Å². The standard InChI is InChI=1S/3C18H28NO7P.3W/c3*1-11(2)24-18(22)12(3)19-27(26-14-8-6-5-7-9-14)23-10-15-17(21)16(20)13(4)25-15;;;/h3*5-9,11-13,15-17,19-21H,10H2,1-4H3;;;/t12-,13+,15-,16+,17-,27?;12-,13+,15-,16+,17-,27+;12-,13+,15-,16+,17-,27-;;;/m111.../s1. The number of ether oxygens (including phenoxy) is 6. The van der Waals surface area contributed by atoms with Crippen molar-refractivity contribution in [3.8, 4) is 17.2 Å². The predicted octanol–water partition coefficient (Wildman–Crippen LogP) is 5.24. The van der Waals surface area contributed by atoms with Crippen molar-refractivity contribution in [2.24, 2.45) is 0 Å². The van der Waals surface area contributed by atoms with Crippen molar-refractivity contribution in [1.29, 1.82) is 0 Å². The molecule has 84 heavy (non-hydrogen) atoms. The van der Waals surface area contributed by atoms with E-state index < -0.39 is 126 Å². The molecule has 0 bridgehead atoms. The van der Waals surface area contributed by atoms with Gasteiger partial charge in [-0.3, -0.25) is 0 Å². The predicted molar refractivity (Wildman–Crippen MR) is 300 cm³/mol. The van der Waals surface area contributed by atoms with Gasteiger partial charge in [0.15, 0.2) is 0 Å². The number of nitrogens with one attached hydrogen (secondary N) is 3. The molecule has 474 valence electrons. The molecule has 1 unspecified atom stereocenters. The van der Waals surface area contributed by atoms with Crippen LogP contribution in [0.3, 0.4) is 0 Å². The monoisotopic (exact) mass is 1760 g/mol. The maximum atomic E-state index is 12.2. The van der Waals surface area contributed by atoms with Gasteiger partial charge in [0.1, 0.15) is 0 Å². The van der Waals surface area contributed by atoms with Gasteiger partial charge in [-0.05, 0) is 0 Å². The van der Waals surface area contributed by atoms with Gasteiger partial charge in [-0.25, -0.2) is 0 Å². The average Bonchev–Trinajstić information content (AvgIpc) is 3.28. The molecular weight excluding hydrogens is 1670 g/mol. The van der Waals surface area contributed by atoms with Crippen molar-refractivity contribution in [3.05, 3.63) is 91.0 Å². The molecule has 0 spiro atoms. The maximum absolute atomic E-state index is 12.2. The fraction of sp³-hybridized carbons (Fsp3) is 0.611. The van der Waals surface area contributed by atoms with Crippen molar-refractivity contribution in [1.82, 2.24) is 15.3 Å². The molecule has 0 radical (unpaired) electrons. The number of hydrogen-bond donors (Lipinski definition) is 9. The Balaban J connectivity index is 0.000000270. The minimum atomic E-state index is -2.70. The third-order valence-corrected chi connectivity index (χ3v) is 26.3. The Morgan fingerprint density at radius 1 is 0.417 bits per heavy atom. The Kier molecular flexibility index (Phi) is 31.6. The van der Waals surface area contributed by atoms with Crippen LogP contribution in [0.4, 0.5) is 0 Å². The zero-order chi connectivity index (χ0) is 62.7. The fourth-order valence-electron chi connectivity index (χ4n) is 7.73. The first kappa shape index (κ1) is 74.7. The van der Waals surface area contributed by atoms with Crippen molar-refractivity contribution in [2.75, 3.05) is 19.8 Å². The van der Waals surface area contributed by atoms with E-state index in [2.05, 4.69) is 15.3 Å². The van der Waals surface area contributed by atoms with E-state index in [0.29, 0.717) is 17.2 Å². The van der Waals surface area contributed by atoms with E-state index in [1.54, 1.807) is 119 Å². The van der Waals surface area contributed by atoms with Crippen LogP contribution < -0.4 is 28.8 Å². The summed E-state index contributed by atoms with van der Waals surface area (Å²) in [6.07, 6.45) is -10.2. The first-order chi connectivity index (χ1) is 39.3. The van der Waals surface area contributed by atoms with Gasteiger partial charge in [0.25, 0.3) is 0 Å². The fourth-order valence-corrected chi connectivity index (χ4v) is 22.1. The van der Waals surface area contributed by atoms with Crippen LogP contribution in [0.2, 0.25) is 0 Å². The van der Waals surface area contributed by atoms with Crippen LogP contribution in [-0.4, -0.2) is 178 Å². The third-order valence-electron chi connectivity index (χ3n) is 12.1. The second-order valence-electron chi connectivity index (χ2n) is 20.7. The van der Waals surface area contributed by atoms with Crippen LogP contribution in [0.25, 0.3) is 0 Å². The third kappa shape index (κ3) is 24.9. The molecule has 3 aromatic rings. The molecule has 0 amide bonds. The summed E-state index contributed by atoms with van der Waals surface area (Å²) in [5, 5.41) is 69.4. The zero-order valence-electron chi connectivity index (χ0n) is 49.0. The molecule has 9 N–H and O–H groups in total. The number of para-hydroxylation sites is 3. The normalized spacial score (nSPS) is 28.0. The van der Waals surface area contributed by atoms with Gasteiger partial charge < -0.3 is 0 Å². The Morgan fingerprint density at radius 2 is 0.631 bits per heavy atom. The molecule has 6 rings (SSSR count). The second kappa shape index (κ2) is 35.6. The molecule has 0 aliphatic carbocycles. The van der Waals surface area contributed by atoms with Gasteiger partial charge in [0.2, 0.25) is 0 Å². The molecule has 3 heterocycles. The number of aliphatic hydroxyl groups excluding tert-OH is 6. The number of hydrogen-bond acceptors (Lipinski definition) is 24. The Morgan fingerprint density at radius 3 is 0.810 bits per heavy atom. The summed E-state index contributed by atoms with van der Waals surface area (Å²) >= 11 is 2.91. The number of esters is 3. The number of benzene rings is 3. The quantitative estimate of drug-likeness (QED) is 0.0268. The van der Waals surface area contributed by atoms with E-state index in [4.69, 9.17) is 55.6 Å². The van der Waals surface area contributed by atoms with Crippen LogP contribution in [0, 0.1) is 0 Å². The summed E-state index contributed by atoms with van der Waals surface area (Å²) < 4.78 is 68.7. The summed E-state index contributed by atoms with van der Waals surface area (Å²) in [5.41, 5.74) is -8.11. The summed E-state index contributed by atoms with van der Waals surface area (Å²) in [7, 11) is 0. The van der Waals surface area contributed by atoms with E-state index in [1.165, 1.54) is 0 Å². The molecule has 3 saturated heterocycles. The van der Waals surface area contributed by atoms with Crippen molar-refractivity contribution in [3.63, 3.8) is 0 Å². The molecule has 3 fully saturated rings. The van der Waals surface area contributed by atoms with Gasteiger partial charge >= 0.3 is 528 Å².